The van der Waals surface area contributed by atoms with E-state index in [0.717, 1.165) is 0 Å². The summed E-state index contributed by atoms with van der Waals surface area (Å²) in [6.45, 7) is 0. The summed E-state index contributed by atoms with van der Waals surface area (Å²) in [5, 5.41) is 13.7. The largest absolute Gasteiger partial charge is 0.287 e. The zero-order valence-corrected chi connectivity index (χ0v) is 9.09. The lowest BCUT2D eigenvalue weighted by Crippen LogP contribution is -2.41. The summed E-state index contributed by atoms with van der Waals surface area (Å²) in [7, 11) is 0. The summed E-state index contributed by atoms with van der Waals surface area (Å²) >= 11 is 6.13. The van der Waals surface area contributed by atoms with Crippen molar-refractivity contribution in [2.45, 2.75) is 31.7 Å². The average Bonchev–Trinajstić information content (AvgIpc) is 2.31. The van der Waals surface area contributed by atoms with Crippen molar-refractivity contribution in [2.75, 3.05) is 0 Å². The number of nitrogens with one attached hydrogen (secondary N) is 1. The third-order valence-electron chi connectivity index (χ3n) is 3.84. The molecule has 15 heavy (non-hydrogen) atoms. The quantitative estimate of drug-likeness (QED) is 0.682. The second-order valence-electron chi connectivity index (χ2n) is 4.51. The van der Waals surface area contributed by atoms with E-state index in [-0.39, 0.29) is 6.04 Å². The van der Waals surface area contributed by atoms with Crippen molar-refractivity contribution >= 4 is 16.8 Å². The molecule has 1 saturated carbocycles. The van der Waals surface area contributed by atoms with Crippen molar-refractivity contribution in [2.24, 2.45) is 16.9 Å². The van der Waals surface area contributed by atoms with E-state index in [4.69, 9.17) is 16.9 Å². The van der Waals surface area contributed by atoms with Crippen LogP contribution in [0.4, 0.5) is 0 Å². The predicted octanol–water partition coefficient (Wildman–Crippen LogP) is 2.15. The van der Waals surface area contributed by atoms with Gasteiger partial charge >= 0.3 is 0 Å². The molecule has 0 aromatic carbocycles. The number of hydrogen-bond acceptors (Lipinski definition) is 3. The van der Waals surface area contributed by atoms with Crippen LogP contribution in [0.3, 0.4) is 0 Å². The van der Waals surface area contributed by atoms with Gasteiger partial charge in [0.15, 0.2) is 11.2 Å². The molecule has 0 aromatic heterocycles. The van der Waals surface area contributed by atoms with Crippen molar-refractivity contribution in [3.05, 3.63) is 11.1 Å². The Labute approximate surface area is 93.8 Å². The zero-order valence-electron chi connectivity index (χ0n) is 8.33. The van der Waals surface area contributed by atoms with Gasteiger partial charge in [-0.25, -0.2) is 0 Å². The molecule has 3 aliphatic carbocycles. The third-order valence-corrected chi connectivity index (χ3v) is 4.13. The SMILES string of the molecule is N#CC1NN=C(Cl)C2=C1C1CCC2CC1. The monoisotopic (exact) mass is 221 g/mol. The number of halogens is 1. The van der Waals surface area contributed by atoms with Gasteiger partial charge in [0.2, 0.25) is 0 Å². The van der Waals surface area contributed by atoms with Crippen molar-refractivity contribution in [3.63, 3.8) is 0 Å². The normalized spacial score (nSPS) is 37.9. The number of rotatable bonds is 0. The van der Waals surface area contributed by atoms with E-state index < -0.39 is 0 Å². The Kier molecular flexibility index (Phi) is 2.00. The molecule has 0 amide bonds. The van der Waals surface area contributed by atoms with Gasteiger partial charge in [0.25, 0.3) is 0 Å². The molecular weight excluding hydrogens is 210 g/mol. The van der Waals surface area contributed by atoms with Gasteiger partial charge in [-0.3, -0.25) is 5.43 Å². The van der Waals surface area contributed by atoms with Gasteiger partial charge in [-0.1, -0.05) is 11.6 Å². The Morgan fingerprint density at radius 3 is 2.60 bits per heavy atom. The maximum absolute atomic E-state index is 9.09. The Bertz CT molecular complexity index is 397. The Balaban J connectivity index is 2.13. The lowest BCUT2D eigenvalue weighted by atomic mass is 9.65. The maximum Gasteiger partial charge on any atom is 0.152 e. The second kappa shape index (κ2) is 3.24. The van der Waals surface area contributed by atoms with Gasteiger partial charge in [0.1, 0.15) is 0 Å². The van der Waals surface area contributed by atoms with Crippen molar-refractivity contribution in [1.29, 1.82) is 5.26 Å². The number of nitrogens with zero attached hydrogens (tertiary/aromatic N) is 2. The van der Waals surface area contributed by atoms with E-state index in [0.29, 0.717) is 17.0 Å². The minimum absolute atomic E-state index is 0.240. The van der Waals surface area contributed by atoms with Gasteiger partial charge in [0.05, 0.1) is 6.07 Å². The lowest BCUT2D eigenvalue weighted by molar-refractivity contribution is 0.288. The van der Waals surface area contributed by atoms with Gasteiger partial charge in [-0.15, -0.1) is 0 Å². The lowest BCUT2D eigenvalue weighted by Gasteiger charge is -2.42. The summed E-state index contributed by atoms with van der Waals surface area (Å²) in [5.74, 6) is 1.12. The fourth-order valence-corrected chi connectivity index (χ4v) is 3.49. The molecule has 2 bridgehead atoms. The van der Waals surface area contributed by atoms with E-state index in [2.05, 4.69) is 16.6 Å². The Morgan fingerprint density at radius 1 is 1.27 bits per heavy atom. The van der Waals surface area contributed by atoms with Crippen LogP contribution in [0.2, 0.25) is 0 Å². The van der Waals surface area contributed by atoms with E-state index in [1.54, 1.807) is 0 Å². The molecule has 1 unspecified atom stereocenters. The summed E-state index contributed by atoms with van der Waals surface area (Å²) in [6.07, 6.45) is 4.86. The molecule has 0 radical (unpaired) electrons. The fraction of sp³-hybridized carbons (Fsp3) is 0.636. The molecule has 0 aromatic rings. The summed E-state index contributed by atoms with van der Waals surface area (Å²) in [6, 6.07) is 2.03. The summed E-state index contributed by atoms with van der Waals surface area (Å²) in [5.41, 5.74) is 5.26. The zero-order chi connectivity index (χ0) is 10.4. The molecule has 78 valence electrons. The van der Waals surface area contributed by atoms with Crippen LogP contribution >= 0.6 is 11.6 Å². The molecule has 0 saturated heterocycles. The molecule has 0 spiro atoms. The molecule has 1 N–H and O–H groups in total. The minimum Gasteiger partial charge on any atom is -0.287 e. The van der Waals surface area contributed by atoms with E-state index in [1.165, 1.54) is 36.8 Å². The number of nitriles is 1. The number of hydrazone groups is 1. The number of fused-ring (bicyclic) bond motifs is 2. The molecule has 1 atom stereocenters. The minimum atomic E-state index is -0.240. The van der Waals surface area contributed by atoms with Crippen molar-refractivity contribution in [1.82, 2.24) is 5.43 Å². The first-order valence-electron chi connectivity index (χ1n) is 5.44. The fourth-order valence-electron chi connectivity index (χ4n) is 3.18. The average molecular weight is 222 g/mol. The summed E-state index contributed by atoms with van der Waals surface area (Å²) in [4.78, 5) is 0. The van der Waals surface area contributed by atoms with Crippen molar-refractivity contribution < 1.29 is 0 Å². The third kappa shape index (κ3) is 1.21. The van der Waals surface area contributed by atoms with Crippen LogP contribution in [0.5, 0.6) is 0 Å². The van der Waals surface area contributed by atoms with Crippen LogP contribution in [0.1, 0.15) is 25.7 Å². The van der Waals surface area contributed by atoms with Crippen LogP contribution in [-0.2, 0) is 0 Å². The standard InChI is InChI=1S/C11H12ClN3/c12-11-10-7-3-1-6(2-4-7)9(10)8(5-13)14-15-11/h6-8,14H,1-4H2. The molecular formula is C11H12ClN3. The van der Waals surface area contributed by atoms with Crippen LogP contribution in [0, 0.1) is 23.2 Å². The van der Waals surface area contributed by atoms with Crippen molar-refractivity contribution in [3.8, 4) is 6.07 Å². The Hall–Kier alpha value is -1.01. The van der Waals surface area contributed by atoms with Crippen LogP contribution in [0.15, 0.2) is 16.2 Å². The molecule has 1 aliphatic heterocycles. The number of hydrogen-bond donors (Lipinski definition) is 1. The molecule has 4 heteroatoms. The van der Waals surface area contributed by atoms with E-state index >= 15 is 0 Å². The first kappa shape index (κ1) is 9.23. The maximum atomic E-state index is 9.09. The summed E-state index contributed by atoms with van der Waals surface area (Å²) < 4.78 is 0. The van der Waals surface area contributed by atoms with Crippen LogP contribution in [0.25, 0.3) is 0 Å². The highest BCUT2D eigenvalue weighted by molar-refractivity contribution is 6.69. The van der Waals surface area contributed by atoms with Crippen LogP contribution < -0.4 is 5.43 Å². The molecule has 1 fully saturated rings. The van der Waals surface area contributed by atoms with Gasteiger partial charge in [-0.05, 0) is 48.7 Å². The van der Waals surface area contributed by atoms with E-state index in [1.807, 2.05) is 0 Å². The Morgan fingerprint density at radius 2 is 1.93 bits per heavy atom. The first-order valence-corrected chi connectivity index (χ1v) is 5.81. The molecule has 1 heterocycles. The topological polar surface area (TPSA) is 48.2 Å². The molecule has 3 nitrogen and oxygen atoms in total. The van der Waals surface area contributed by atoms with Gasteiger partial charge in [0, 0.05) is 0 Å². The first-order chi connectivity index (χ1) is 7.31. The number of allylic oxidation sites excluding steroid dienone is 1. The highest BCUT2D eigenvalue weighted by atomic mass is 35.5. The second-order valence-corrected chi connectivity index (χ2v) is 4.87. The van der Waals surface area contributed by atoms with Gasteiger partial charge < -0.3 is 0 Å². The van der Waals surface area contributed by atoms with Crippen LogP contribution in [-0.4, -0.2) is 11.2 Å². The highest BCUT2D eigenvalue weighted by Crippen LogP contribution is 2.48. The van der Waals surface area contributed by atoms with E-state index in [9.17, 15) is 0 Å². The van der Waals surface area contributed by atoms with Gasteiger partial charge in [-0.2, -0.15) is 10.4 Å². The predicted molar refractivity (Wildman–Crippen MR) is 58.3 cm³/mol. The molecule has 4 rings (SSSR count). The molecule has 4 aliphatic rings. The smallest absolute Gasteiger partial charge is 0.152 e. The highest BCUT2D eigenvalue weighted by Gasteiger charge is 2.41.